The summed E-state index contributed by atoms with van der Waals surface area (Å²) in [5, 5.41) is 9.82. The standard InChI is InChI=1S/C12H11N3O/c1-7-5-14-15-11(7)8-3-2-4-9-10(8)6-13-12(9)16/h2-5H,6H2,1H3,(H,13,16)(H,14,15). The fraction of sp³-hybridized carbons (Fsp3) is 0.167. The highest BCUT2D eigenvalue weighted by molar-refractivity contribution is 6.00. The number of aryl methyl sites for hydroxylation is 1. The monoisotopic (exact) mass is 213 g/mol. The van der Waals surface area contributed by atoms with Crippen molar-refractivity contribution >= 4 is 5.91 Å². The molecule has 1 amide bonds. The molecule has 2 aromatic rings. The predicted octanol–water partition coefficient (Wildman–Crippen LogP) is 1.63. The van der Waals surface area contributed by atoms with Gasteiger partial charge < -0.3 is 5.32 Å². The van der Waals surface area contributed by atoms with Crippen LogP contribution in [0.5, 0.6) is 0 Å². The van der Waals surface area contributed by atoms with E-state index in [1.54, 1.807) is 6.20 Å². The topological polar surface area (TPSA) is 57.8 Å². The Balaban J connectivity index is 2.24. The second-order valence-corrected chi connectivity index (χ2v) is 3.94. The van der Waals surface area contributed by atoms with E-state index < -0.39 is 0 Å². The Morgan fingerprint density at radius 1 is 1.31 bits per heavy atom. The maximum Gasteiger partial charge on any atom is 0.251 e. The van der Waals surface area contributed by atoms with Crippen LogP contribution in [0, 0.1) is 6.92 Å². The molecule has 4 heteroatoms. The number of amides is 1. The first-order chi connectivity index (χ1) is 7.77. The smallest absolute Gasteiger partial charge is 0.251 e. The molecule has 1 aromatic carbocycles. The van der Waals surface area contributed by atoms with Gasteiger partial charge in [0.15, 0.2) is 0 Å². The first-order valence-corrected chi connectivity index (χ1v) is 5.18. The number of carbonyl (C=O) groups is 1. The number of rotatable bonds is 1. The molecule has 3 rings (SSSR count). The third-order valence-corrected chi connectivity index (χ3v) is 2.94. The lowest BCUT2D eigenvalue weighted by Crippen LogP contribution is -2.12. The molecule has 0 saturated carbocycles. The molecule has 0 saturated heterocycles. The van der Waals surface area contributed by atoms with Crippen molar-refractivity contribution < 1.29 is 4.79 Å². The van der Waals surface area contributed by atoms with Crippen molar-refractivity contribution in [2.24, 2.45) is 0 Å². The number of benzene rings is 1. The summed E-state index contributed by atoms with van der Waals surface area (Å²) < 4.78 is 0. The van der Waals surface area contributed by atoms with Crippen molar-refractivity contribution in [1.82, 2.24) is 15.5 Å². The second kappa shape index (κ2) is 3.20. The average molecular weight is 213 g/mol. The Kier molecular flexibility index (Phi) is 1.83. The molecule has 1 aliphatic rings. The quantitative estimate of drug-likeness (QED) is 0.756. The molecule has 0 unspecified atom stereocenters. The van der Waals surface area contributed by atoms with Crippen LogP contribution in [0.15, 0.2) is 24.4 Å². The second-order valence-electron chi connectivity index (χ2n) is 3.94. The van der Waals surface area contributed by atoms with E-state index in [9.17, 15) is 4.79 Å². The molecule has 0 aliphatic carbocycles. The van der Waals surface area contributed by atoms with Crippen molar-refractivity contribution in [2.45, 2.75) is 13.5 Å². The third kappa shape index (κ3) is 1.16. The third-order valence-electron chi connectivity index (χ3n) is 2.94. The molecule has 80 valence electrons. The van der Waals surface area contributed by atoms with Gasteiger partial charge in [0.1, 0.15) is 0 Å². The van der Waals surface area contributed by atoms with E-state index in [4.69, 9.17) is 0 Å². The van der Waals surface area contributed by atoms with Gasteiger partial charge in [0.2, 0.25) is 0 Å². The zero-order valence-electron chi connectivity index (χ0n) is 8.87. The van der Waals surface area contributed by atoms with Crippen molar-refractivity contribution in [1.29, 1.82) is 0 Å². The van der Waals surface area contributed by atoms with E-state index in [1.807, 2.05) is 25.1 Å². The Morgan fingerprint density at radius 2 is 2.12 bits per heavy atom. The van der Waals surface area contributed by atoms with E-state index in [0.717, 1.165) is 27.9 Å². The highest BCUT2D eigenvalue weighted by Crippen LogP contribution is 2.29. The van der Waals surface area contributed by atoms with Gasteiger partial charge in [0.25, 0.3) is 5.91 Å². The summed E-state index contributed by atoms with van der Waals surface area (Å²) in [6, 6.07) is 5.77. The van der Waals surface area contributed by atoms with Gasteiger partial charge in [-0.1, -0.05) is 12.1 Å². The van der Waals surface area contributed by atoms with Crippen molar-refractivity contribution in [3.05, 3.63) is 41.1 Å². The highest BCUT2D eigenvalue weighted by Gasteiger charge is 2.22. The molecule has 0 atom stereocenters. The first kappa shape index (κ1) is 9.15. The molecule has 4 nitrogen and oxygen atoms in total. The molecule has 2 N–H and O–H groups in total. The van der Waals surface area contributed by atoms with Crippen molar-refractivity contribution in [2.75, 3.05) is 0 Å². The molecule has 2 heterocycles. The number of hydrogen-bond acceptors (Lipinski definition) is 2. The SMILES string of the molecule is Cc1cn[nH]c1-c1cccc2c1CNC2=O. The summed E-state index contributed by atoms with van der Waals surface area (Å²) in [5.74, 6) is 0.00835. The molecule has 0 spiro atoms. The summed E-state index contributed by atoms with van der Waals surface area (Å²) >= 11 is 0. The van der Waals surface area contributed by atoms with Gasteiger partial charge in [-0.3, -0.25) is 9.89 Å². The fourth-order valence-corrected chi connectivity index (χ4v) is 2.11. The van der Waals surface area contributed by atoms with Crippen LogP contribution >= 0.6 is 0 Å². The van der Waals surface area contributed by atoms with Gasteiger partial charge >= 0.3 is 0 Å². The van der Waals surface area contributed by atoms with Crippen LogP contribution in [0.2, 0.25) is 0 Å². The normalized spacial score (nSPS) is 13.7. The van der Waals surface area contributed by atoms with Crippen molar-refractivity contribution in [3.63, 3.8) is 0 Å². The molecule has 0 bridgehead atoms. The lowest BCUT2D eigenvalue weighted by molar-refractivity contribution is 0.0966. The van der Waals surface area contributed by atoms with E-state index in [2.05, 4.69) is 15.5 Å². The zero-order valence-corrected chi connectivity index (χ0v) is 8.87. The fourth-order valence-electron chi connectivity index (χ4n) is 2.11. The minimum atomic E-state index is 0.00835. The molecular weight excluding hydrogens is 202 g/mol. The van der Waals surface area contributed by atoms with Crippen molar-refractivity contribution in [3.8, 4) is 11.3 Å². The molecule has 0 fully saturated rings. The van der Waals surface area contributed by atoms with Crippen LogP contribution < -0.4 is 5.32 Å². The number of fused-ring (bicyclic) bond motifs is 1. The van der Waals surface area contributed by atoms with E-state index in [1.165, 1.54) is 0 Å². The molecule has 16 heavy (non-hydrogen) atoms. The molecular formula is C12H11N3O. The Bertz CT molecular complexity index is 571. The highest BCUT2D eigenvalue weighted by atomic mass is 16.1. The number of nitrogens with zero attached hydrogens (tertiary/aromatic N) is 1. The van der Waals surface area contributed by atoms with E-state index in [0.29, 0.717) is 6.54 Å². The molecule has 0 radical (unpaired) electrons. The van der Waals surface area contributed by atoms with Crippen LogP contribution in [-0.2, 0) is 6.54 Å². The summed E-state index contributed by atoms with van der Waals surface area (Å²) in [7, 11) is 0. The number of H-pyrrole nitrogens is 1. The largest absolute Gasteiger partial charge is 0.348 e. The Labute approximate surface area is 92.7 Å². The van der Waals surface area contributed by atoms with Gasteiger partial charge in [-0.05, 0) is 24.1 Å². The van der Waals surface area contributed by atoms with Gasteiger partial charge in [0, 0.05) is 17.7 Å². The maximum absolute atomic E-state index is 11.5. The van der Waals surface area contributed by atoms with E-state index >= 15 is 0 Å². The summed E-state index contributed by atoms with van der Waals surface area (Å²) in [6.45, 7) is 2.60. The molecule has 1 aromatic heterocycles. The van der Waals surface area contributed by atoms with Gasteiger partial charge in [-0.15, -0.1) is 0 Å². The maximum atomic E-state index is 11.5. The minimum absolute atomic E-state index is 0.00835. The Morgan fingerprint density at radius 3 is 2.88 bits per heavy atom. The molecule has 1 aliphatic heterocycles. The summed E-state index contributed by atoms with van der Waals surface area (Å²) in [5.41, 5.74) is 4.97. The van der Waals surface area contributed by atoms with Gasteiger partial charge in [0.05, 0.1) is 11.9 Å². The lowest BCUT2D eigenvalue weighted by atomic mass is 9.99. The number of carbonyl (C=O) groups excluding carboxylic acids is 1. The predicted molar refractivity (Wildman–Crippen MR) is 59.9 cm³/mol. The van der Waals surface area contributed by atoms with Crippen LogP contribution in [0.3, 0.4) is 0 Å². The summed E-state index contributed by atoms with van der Waals surface area (Å²) in [4.78, 5) is 11.5. The number of aromatic nitrogens is 2. The van der Waals surface area contributed by atoms with E-state index in [-0.39, 0.29) is 5.91 Å². The number of nitrogens with one attached hydrogen (secondary N) is 2. The Hall–Kier alpha value is -2.10. The zero-order chi connectivity index (χ0) is 11.1. The van der Waals surface area contributed by atoms with Gasteiger partial charge in [-0.2, -0.15) is 5.10 Å². The van der Waals surface area contributed by atoms with Crippen LogP contribution in [-0.4, -0.2) is 16.1 Å². The lowest BCUT2D eigenvalue weighted by Gasteiger charge is -2.05. The number of aromatic amines is 1. The summed E-state index contributed by atoms with van der Waals surface area (Å²) in [6.07, 6.45) is 1.79. The van der Waals surface area contributed by atoms with Gasteiger partial charge in [-0.25, -0.2) is 0 Å². The number of hydrogen-bond donors (Lipinski definition) is 2. The van der Waals surface area contributed by atoms with Crippen LogP contribution in [0.4, 0.5) is 0 Å². The van der Waals surface area contributed by atoms with Crippen LogP contribution in [0.25, 0.3) is 11.3 Å². The first-order valence-electron chi connectivity index (χ1n) is 5.18. The average Bonchev–Trinajstić information content (AvgIpc) is 2.86. The minimum Gasteiger partial charge on any atom is -0.348 e. The van der Waals surface area contributed by atoms with Crippen LogP contribution in [0.1, 0.15) is 21.5 Å².